The van der Waals surface area contributed by atoms with Crippen LogP contribution in [-0.4, -0.2) is 25.5 Å². The van der Waals surface area contributed by atoms with Crippen LogP contribution in [0.1, 0.15) is 5.56 Å². The van der Waals surface area contributed by atoms with Gasteiger partial charge in [0.15, 0.2) is 5.16 Å². The van der Waals surface area contributed by atoms with Crippen molar-refractivity contribution in [1.82, 2.24) is 9.55 Å². The first-order chi connectivity index (χ1) is 9.61. The van der Waals surface area contributed by atoms with Crippen LogP contribution >= 0.6 is 11.8 Å². The number of hydrogen-bond donors (Lipinski definition) is 2. The number of aromatic hydroxyl groups is 2. The Kier molecular flexibility index (Phi) is 2.88. The number of hydrogen-bond acceptors (Lipinski definition) is 6. The molecule has 0 amide bonds. The Morgan fingerprint density at radius 3 is 2.90 bits per heavy atom. The van der Waals surface area contributed by atoms with Gasteiger partial charge in [-0.05, 0) is 12.1 Å². The third-order valence-corrected chi connectivity index (χ3v) is 3.99. The number of phenolic OH excluding ortho intramolecular Hbond substituents is 2. The fraction of sp³-hybridized carbons (Fsp3) is 0.154. The van der Waals surface area contributed by atoms with E-state index in [-0.39, 0.29) is 28.3 Å². The van der Waals surface area contributed by atoms with Crippen molar-refractivity contribution in [3.8, 4) is 28.8 Å². The van der Waals surface area contributed by atoms with Gasteiger partial charge >= 0.3 is 0 Å². The smallest absolute Gasteiger partial charge is 0.272 e. The molecule has 6 nitrogen and oxygen atoms in total. The van der Waals surface area contributed by atoms with Gasteiger partial charge in [-0.3, -0.25) is 9.36 Å². The van der Waals surface area contributed by atoms with Gasteiger partial charge in [-0.15, -0.1) is 0 Å². The Labute approximate surface area is 117 Å². The number of rotatable bonds is 1. The van der Waals surface area contributed by atoms with Crippen molar-refractivity contribution in [2.24, 2.45) is 0 Å². The third-order valence-electron chi connectivity index (χ3n) is 3.03. The number of phenols is 2. The fourth-order valence-electron chi connectivity index (χ4n) is 2.09. The molecule has 0 unspecified atom stereocenters. The molecular formula is C13H9N3O3S. The topological polar surface area (TPSA) is 99.1 Å². The number of fused-ring (bicyclic) bond motifs is 1. The van der Waals surface area contributed by atoms with E-state index in [1.165, 1.54) is 28.5 Å². The van der Waals surface area contributed by atoms with Crippen LogP contribution in [0.4, 0.5) is 0 Å². The van der Waals surface area contributed by atoms with Crippen molar-refractivity contribution in [1.29, 1.82) is 5.26 Å². The standard InChI is InChI=1S/C13H9N3O3S/c14-6-9-11(8-2-1-7(17)5-10(8)18)15-13-16(12(9)19)3-4-20-13/h1-2,5,17-18H,3-4H2. The maximum Gasteiger partial charge on any atom is 0.272 e. The van der Waals surface area contributed by atoms with E-state index in [0.29, 0.717) is 11.7 Å². The molecular weight excluding hydrogens is 278 g/mol. The summed E-state index contributed by atoms with van der Waals surface area (Å²) in [5.74, 6) is 0.413. The molecule has 2 aromatic rings. The minimum Gasteiger partial charge on any atom is -0.508 e. The summed E-state index contributed by atoms with van der Waals surface area (Å²) in [4.78, 5) is 16.5. The largest absolute Gasteiger partial charge is 0.508 e. The first-order valence-electron chi connectivity index (χ1n) is 5.82. The van der Waals surface area contributed by atoms with E-state index >= 15 is 0 Å². The quantitative estimate of drug-likeness (QED) is 0.767. The molecule has 1 aliphatic heterocycles. The summed E-state index contributed by atoms with van der Waals surface area (Å²) >= 11 is 1.43. The summed E-state index contributed by atoms with van der Waals surface area (Å²) < 4.78 is 1.46. The second-order valence-corrected chi connectivity index (χ2v) is 5.30. The fourth-order valence-corrected chi connectivity index (χ4v) is 3.03. The molecule has 2 N–H and O–H groups in total. The normalized spacial score (nSPS) is 12.9. The van der Waals surface area contributed by atoms with Gasteiger partial charge in [0.1, 0.15) is 28.8 Å². The zero-order valence-electron chi connectivity index (χ0n) is 10.2. The number of nitrogens with zero attached hydrogens (tertiary/aromatic N) is 3. The van der Waals surface area contributed by atoms with E-state index in [9.17, 15) is 20.3 Å². The van der Waals surface area contributed by atoms with Gasteiger partial charge in [-0.2, -0.15) is 5.26 Å². The van der Waals surface area contributed by atoms with E-state index < -0.39 is 5.56 Å². The molecule has 0 atom stereocenters. The molecule has 0 radical (unpaired) electrons. The molecule has 1 aromatic carbocycles. The molecule has 1 aromatic heterocycles. The Hall–Kier alpha value is -2.46. The van der Waals surface area contributed by atoms with Crippen LogP contribution in [0.25, 0.3) is 11.3 Å². The lowest BCUT2D eigenvalue weighted by molar-refractivity contribution is 0.451. The van der Waals surface area contributed by atoms with E-state index in [0.717, 1.165) is 11.8 Å². The van der Waals surface area contributed by atoms with Gasteiger partial charge in [0.25, 0.3) is 5.56 Å². The maximum atomic E-state index is 12.2. The van der Waals surface area contributed by atoms with Crippen LogP contribution in [0, 0.1) is 11.3 Å². The van der Waals surface area contributed by atoms with E-state index in [1.807, 2.05) is 6.07 Å². The van der Waals surface area contributed by atoms with Gasteiger partial charge in [-0.25, -0.2) is 4.98 Å². The highest BCUT2D eigenvalue weighted by Gasteiger charge is 2.22. The molecule has 0 bridgehead atoms. The van der Waals surface area contributed by atoms with Gasteiger partial charge in [0.2, 0.25) is 0 Å². The SMILES string of the molecule is N#Cc1c(-c2ccc(O)cc2O)nc2n(c1=O)CCS2. The van der Waals surface area contributed by atoms with Crippen LogP contribution in [-0.2, 0) is 6.54 Å². The molecule has 0 aliphatic carbocycles. The second kappa shape index (κ2) is 4.58. The zero-order chi connectivity index (χ0) is 14.3. The second-order valence-electron chi connectivity index (χ2n) is 4.24. The van der Waals surface area contributed by atoms with E-state index in [1.54, 1.807) is 0 Å². The van der Waals surface area contributed by atoms with Crippen molar-refractivity contribution in [3.63, 3.8) is 0 Å². The summed E-state index contributed by atoms with van der Waals surface area (Å²) in [5.41, 5.74) is -0.0924. The number of benzene rings is 1. The monoisotopic (exact) mass is 287 g/mol. The van der Waals surface area contributed by atoms with Crippen LogP contribution in [0.2, 0.25) is 0 Å². The predicted octanol–water partition coefficient (Wildman–Crippen LogP) is 1.30. The lowest BCUT2D eigenvalue weighted by Crippen LogP contribution is -2.24. The van der Waals surface area contributed by atoms with Gasteiger partial charge in [-0.1, -0.05) is 11.8 Å². The van der Waals surface area contributed by atoms with Gasteiger partial charge in [0, 0.05) is 23.9 Å². The minimum absolute atomic E-state index is 0.0998. The molecule has 3 rings (SSSR count). The first kappa shape index (κ1) is 12.6. The summed E-state index contributed by atoms with van der Waals surface area (Å²) in [6.45, 7) is 0.530. The predicted molar refractivity (Wildman–Crippen MR) is 72.7 cm³/mol. The van der Waals surface area contributed by atoms with Crippen LogP contribution in [0.3, 0.4) is 0 Å². The Bertz CT molecular complexity index is 808. The lowest BCUT2D eigenvalue weighted by atomic mass is 10.1. The van der Waals surface area contributed by atoms with Gasteiger partial charge < -0.3 is 10.2 Å². The molecule has 0 spiro atoms. The van der Waals surface area contributed by atoms with Gasteiger partial charge in [0.05, 0.1) is 0 Å². The Morgan fingerprint density at radius 2 is 2.20 bits per heavy atom. The number of aromatic nitrogens is 2. The molecule has 2 heterocycles. The molecule has 0 saturated carbocycles. The summed E-state index contributed by atoms with van der Waals surface area (Å²) in [5, 5.41) is 28.9. The zero-order valence-corrected chi connectivity index (χ0v) is 11.0. The number of nitriles is 1. The number of thioether (sulfide) groups is 1. The maximum absolute atomic E-state index is 12.2. The van der Waals surface area contributed by atoms with Crippen molar-refractivity contribution >= 4 is 11.8 Å². The van der Waals surface area contributed by atoms with Crippen molar-refractivity contribution < 1.29 is 10.2 Å². The van der Waals surface area contributed by atoms with E-state index in [4.69, 9.17) is 0 Å². The summed E-state index contributed by atoms with van der Waals surface area (Å²) in [6, 6.07) is 5.81. The highest BCUT2D eigenvalue weighted by Crippen LogP contribution is 2.33. The molecule has 0 saturated heterocycles. The highest BCUT2D eigenvalue weighted by molar-refractivity contribution is 7.99. The Balaban J connectivity index is 2.32. The average molecular weight is 287 g/mol. The molecule has 20 heavy (non-hydrogen) atoms. The van der Waals surface area contributed by atoms with Crippen LogP contribution in [0.15, 0.2) is 28.2 Å². The molecule has 100 valence electrons. The molecule has 0 fully saturated rings. The molecule has 7 heteroatoms. The average Bonchev–Trinajstić information content (AvgIpc) is 2.87. The lowest BCUT2D eigenvalue weighted by Gasteiger charge is -2.09. The van der Waals surface area contributed by atoms with Crippen molar-refractivity contribution in [2.75, 3.05) is 5.75 Å². The molecule has 1 aliphatic rings. The third kappa shape index (κ3) is 1.82. The Morgan fingerprint density at radius 1 is 1.40 bits per heavy atom. The summed E-state index contributed by atoms with van der Waals surface area (Å²) in [7, 11) is 0. The highest BCUT2D eigenvalue weighted by atomic mass is 32.2. The van der Waals surface area contributed by atoms with Crippen molar-refractivity contribution in [3.05, 3.63) is 34.1 Å². The van der Waals surface area contributed by atoms with Crippen LogP contribution < -0.4 is 5.56 Å². The van der Waals surface area contributed by atoms with Crippen molar-refractivity contribution in [2.45, 2.75) is 11.7 Å². The summed E-state index contributed by atoms with van der Waals surface area (Å²) in [6.07, 6.45) is 0. The van der Waals surface area contributed by atoms with E-state index in [2.05, 4.69) is 4.98 Å². The minimum atomic E-state index is -0.398. The van der Waals surface area contributed by atoms with Crippen LogP contribution in [0.5, 0.6) is 11.5 Å². The first-order valence-corrected chi connectivity index (χ1v) is 6.80.